The molecule has 0 unspecified atom stereocenters. The summed E-state index contributed by atoms with van der Waals surface area (Å²) in [5.74, 6) is 0.988. The van der Waals surface area contributed by atoms with Crippen LogP contribution in [0.2, 0.25) is 5.02 Å². The third-order valence-corrected chi connectivity index (χ3v) is 5.69. The number of carbonyl (C=O) groups excluding carboxylic acids is 1. The number of ether oxygens (including phenoxy) is 3. The highest BCUT2D eigenvalue weighted by atomic mass is 35.5. The molecule has 3 aromatic rings. The first-order valence-electron chi connectivity index (χ1n) is 9.45. The molecule has 0 aliphatic carbocycles. The van der Waals surface area contributed by atoms with E-state index in [1.54, 1.807) is 36.4 Å². The smallest absolute Gasteiger partial charge is 0.262 e. The van der Waals surface area contributed by atoms with Gasteiger partial charge in [-0.3, -0.25) is 14.2 Å². The van der Waals surface area contributed by atoms with Gasteiger partial charge in [0.15, 0.2) is 16.7 Å². The molecule has 0 bridgehead atoms. The van der Waals surface area contributed by atoms with Crippen molar-refractivity contribution in [1.82, 2.24) is 9.55 Å². The summed E-state index contributed by atoms with van der Waals surface area (Å²) < 4.78 is 17.4. The predicted octanol–water partition coefficient (Wildman–Crippen LogP) is 3.99. The molecule has 1 N–H and O–H groups in total. The van der Waals surface area contributed by atoms with Crippen LogP contribution in [0.1, 0.15) is 0 Å². The van der Waals surface area contributed by atoms with E-state index in [1.807, 2.05) is 0 Å². The van der Waals surface area contributed by atoms with Gasteiger partial charge >= 0.3 is 0 Å². The summed E-state index contributed by atoms with van der Waals surface area (Å²) in [6.45, 7) is 3.96. The van der Waals surface area contributed by atoms with Crippen LogP contribution in [0.15, 0.2) is 52.9 Å². The van der Waals surface area contributed by atoms with Crippen molar-refractivity contribution in [3.63, 3.8) is 0 Å². The van der Waals surface area contributed by atoms with E-state index < -0.39 is 0 Å². The number of methoxy groups -OCH3 is 3. The fourth-order valence-corrected chi connectivity index (χ4v) is 4.03. The Bertz CT molecular complexity index is 1200. The number of carbonyl (C=O) groups is 1. The Hall–Kier alpha value is -3.17. The standard InChI is InChI=1S/C22H22ClN3O5S/c1-5-8-26-21(28)15-7-6-13(23)9-16(15)25-22(26)32-12-19(27)24-14-10-17(29-2)20(31-4)18(11-14)30-3/h5-7,9-11H,1,8,12H2,2-4H3,(H,24,27). The van der Waals surface area contributed by atoms with Gasteiger partial charge in [0.05, 0.1) is 38.0 Å². The fraction of sp³-hybridized carbons (Fsp3) is 0.227. The molecule has 2 aromatic carbocycles. The second kappa shape index (κ2) is 10.4. The average Bonchev–Trinajstić information content (AvgIpc) is 2.78. The van der Waals surface area contributed by atoms with Gasteiger partial charge in [0.25, 0.3) is 5.56 Å². The Kier molecular flexibility index (Phi) is 7.66. The summed E-state index contributed by atoms with van der Waals surface area (Å²) in [5, 5.41) is 4.11. The number of nitrogens with zero attached hydrogens (tertiary/aromatic N) is 2. The number of fused-ring (bicyclic) bond motifs is 1. The normalized spacial score (nSPS) is 10.6. The first kappa shape index (κ1) is 23.5. The molecule has 0 aliphatic heterocycles. The number of rotatable bonds is 9. The van der Waals surface area contributed by atoms with Gasteiger partial charge in [-0.25, -0.2) is 4.98 Å². The second-order valence-electron chi connectivity index (χ2n) is 6.51. The molecule has 0 spiro atoms. The van der Waals surface area contributed by atoms with Crippen LogP contribution in [0.25, 0.3) is 10.9 Å². The van der Waals surface area contributed by atoms with Gasteiger partial charge in [-0.1, -0.05) is 29.4 Å². The van der Waals surface area contributed by atoms with Crippen LogP contribution >= 0.6 is 23.4 Å². The molecule has 3 rings (SSSR count). The molecular weight excluding hydrogens is 454 g/mol. The van der Waals surface area contributed by atoms with Crippen molar-refractivity contribution in [3.8, 4) is 17.2 Å². The van der Waals surface area contributed by atoms with Gasteiger partial charge in [-0.15, -0.1) is 6.58 Å². The summed E-state index contributed by atoms with van der Waals surface area (Å²) in [6, 6.07) is 8.17. The van der Waals surface area contributed by atoms with E-state index in [0.717, 1.165) is 11.8 Å². The van der Waals surface area contributed by atoms with Crippen LogP contribution < -0.4 is 25.1 Å². The number of halogens is 1. The Balaban J connectivity index is 1.84. The Morgan fingerprint density at radius 2 is 1.88 bits per heavy atom. The number of anilines is 1. The molecule has 1 amide bonds. The number of benzene rings is 2. The number of thioether (sulfide) groups is 1. The number of hydrogen-bond acceptors (Lipinski definition) is 7. The molecule has 0 fully saturated rings. The monoisotopic (exact) mass is 475 g/mol. The van der Waals surface area contributed by atoms with Crippen molar-refractivity contribution in [2.45, 2.75) is 11.7 Å². The lowest BCUT2D eigenvalue weighted by atomic mass is 10.2. The van der Waals surface area contributed by atoms with Crippen LogP contribution in [0.4, 0.5) is 5.69 Å². The third-order valence-electron chi connectivity index (χ3n) is 4.47. The molecule has 32 heavy (non-hydrogen) atoms. The molecule has 10 heteroatoms. The lowest BCUT2D eigenvalue weighted by Crippen LogP contribution is -2.23. The summed E-state index contributed by atoms with van der Waals surface area (Å²) in [7, 11) is 4.49. The highest BCUT2D eigenvalue weighted by Gasteiger charge is 2.16. The van der Waals surface area contributed by atoms with E-state index in [2.05, 4.69) is 16.9 Å². The fourth-order valence-electron chi connectivity index (χ4n) is 3.05. The molecule has 1 aromatic heterocycles. The van der Waals surface area contributed by atoms with Crippen molar-refractivity contribution in [2.24, 2.45) is 0 Å². The van der Waals surface area contributed by atoms with Crippen LogP contribution in [-0.2, 0) is 11.3 Å². The first-order valence-corrected chi connectivity index (χ1v) is 10.8. The maximum absolute atomic E-state index is 12.9. The summed E-state index contributed by atoms with van der Waals surface area (Å²) in [4.78, 5) is 30.0. The van der Waals surface area contributed by atoms with E-state index in [4.69, 9.17) is 25.8 Å². The van der Waals surface area contributed by atoms with Gasteiger partial charge in [-0.2, -0.15) is 0 Å². The number of nitrogens with one attached hydrogen (secondary N) is 1. The quantitative estimate of drug-likeness (QED) is 0.284. The zero-order valence-electron chi connectivity index (χ0n) is 17.8. The minimum absolute atomic E-state index is 0.0202. The predicted molar refractivity (Wildman–Crippen MR) is 127 cm³/mol. The Morgan fingerprint density at radius 1 is 1.19 bits per heavy atom. The zero-order valence-corrected chi connectivity index (χ0v) is 19.4. The lowest BCUT2D eigenvalue weighted by molar-refractivity contribution is -0.113. The van der Waals surface area contributed by atoms with Gasteiger partial charge in [-0.05, 0) is 18.2 Å². The highest BCUT2D eigenvalue weighted by molar-refractivity contribution is 7.99. The number of amides is 1. The molecule has 0 saturated carbocycles. The molecule has 8 nitrogen and oxygen atoms in total. The molecule has 1 heterocycles. The van der Waals surface area contributed by atoms with Crippen molar-refractivity contribution in [2.75, 3.05) is 32.4 Å². The maximum atomic E-state index is 12.9. The largest absolute Gasteiger partial charge is 0.493 e. The zero-order chi connectivity index (χ0) is 23.3. The van der Waals surface area contributed by atoms with E-state index in [9.17, 15) is 9.59 Å². The summed E-state index contributed by atoms with van der Waals surface area (Å²) >= 11 is 7.19. The van der Waals surface area contributed by atoms with E-state index in [0.29, 0.717) is 44.0 Å². The van der Waals surface area contributed by atoms with Crippen LogP contribution in [0.5, 0.6) is 17.2 Å². The van der Waals surface area contributed by atoms with E-state index in [1.165, 1.54) is 25.9 Å². The van der Waals surface area contributed by atoms with Gasteiger partial charge in [0, 0.05) is 29.4 Å². The SMILES string of the molecule is C=CCn1c(SCC(=O)Nc2cc(OC)c(OC)c(OC)c2)nc2cc(Cl)ccc2c1=O. The summed E-state index contributed by atoms with van der Waals surface area (Å²) in [6.07, 6.45) is 1.60. The maximum Gasteiger partial charge on any atom is 0.262 e. The van der Waals surface area contributed by atoms with Gasteiger partial charge in [0.1, 0.15) is 0 Å². The van der Waals surface area contributed by atoms with Crippen LogP contribution in [-0.4, -0.2) is 42.5 Å². The first-order chi connectivity index (χ1) is 15.4. The Labute approximate surface area is 194 Å². The molecule has 0 aliphatic rings. The molecule has 0 atom stereocenters. The molecule has 0 radical (unpaired) electrons. The van der Waals surface area contributed by atoms with Crippen LogP contribution in [0.3, 0.4) is 0 Å². The Morgan fingerprint density at radius 3 is 2.47 bits per heavy atom. The average molecular weight is 476 g/mol. The highest BCUT2D eigenvalue weighted by Crippen LogP contribution is 2.40. The minimum Gasteiger partial charge on any atom is -0.493 e. The van der Waals surface area contributed by atoms with Crippen molar-refractivity contribution >= 4 is 45.9 Å². The third kappa shape index (κ3) is 5.00. The topological polar surface area (TPSA) is 91.7 Å². The van der Waals surface area contributed by atoms with Gasteiger partial charge in [0.2, 0.25) is 11.7 Å². The van der Waals surface area contributed by atoms with E-state index >= 15 is 0 Å². The number of allylic oxidation sites excluding steroid dienone is 1. The minimum atomic E-state index is -0.296. The molecule has 0 saturated heterocycles. The molecular formula is C22H22ClN3O5S. The lowest BCUT2D eigenvalue weighted by Gasteiger charge is -2.15. The van der Waals surface area contributed by atoms with Crippen molar-refractivity contribution in [3.05, 3.63) is 58.4 Å². The molecule has 168 valence electrons. The van der Waals surface area contributed by atoms with Crippen molar-refractivity contribution in [1.29, 1.82) is 0 Å². The second-order valence-corrected chi connectivity index (χ2v) is 7.89. The van der Waals surface area contributed by atoms with E-state index in [-0.39, 0.29) is 23.8 Å². The van der Waals surface area contributed by atoms with Crippen molar-refractivity contribution < 1.29 is 19.0 Å². The number of hydrogen-bond donors (Lipinski definition) is 1. The summed E-state index contributed by atoms with van der Waals surface area (Å²) in [5.41, 5.74) is 0.723. The van der Waals surface area contributed by atoms with Crippen LogP contribution in [0, 0.1) is 0 Å². The number of aromatic nitrogens is 2. The van der Waals surface area contributed by atoms with Gasteiger partial charge < -0.3 is 19.5 Å².